The fraction of sp³-hybridized carbons (Fsp3) is 0.111. The summed E-state index contributed by atoms with van der Waals surface area (Å²) in [5, 5.41) is 8.91. The molecule has 0 amide bonds. The molecule has 0 spiro atoms. The molecule has 14 heavy (non-hydrogen) atoms. The van der Waals surface area contributed by atoms with E-state index >= 15 is 0 Å². The molecule has 0 unspecified atom stereocenters. The smallest absolute Gasteiger partial charge is 0.418 e. The Labute approximate surface area is 78.5 Å². The number of hydrogen-bond acceptors (Lipinski definition) is 2. The van der Waals surface area contributed by atoms with Gasteiger partial charge >= 0.3 is 6.18 Å². The molecule has 1 aromatic rings. The second kappa shape index (κ2) is 3.25. The van der Waals surface area contributed by atoms with Gasteiger partial charge in [-0.15, -0.1) is 0 Å². The summed E-state index contributed by atoms with van der Waals surface area (Å²) in [5.41, 5.74) is 4.01. The van der Waals surface area contributed by atoms with Gasteiger partial charge in [0.1, 0.15) is 5.76 Å². The first-order valence-corrected chi connectivity index (χ1v) is 3.67. The first-order valence-electron chi connectivity index (χ1n) is 3.67. The van der Waals surface area contributed by atoms with Gasteiger partial charge in [0.05, 0.1) is 5.56 Å². The highest BCUT2D eigenvalue weighted by Gasteiger charge is 2.32. The summed E-state index contributed by atoms with van der Waals surface area (Å²) in [5.74, 6) is -0.314. The molecule has 3 N–H and O–H groups in total. The average Bonchev–Trinajstić information content (AvgIpc) is 2.01. The first kappa shape index (κ1) is 10.4. The molecule has 0 aromatic heterocycles. The normalized spacial score (nSPS) is 11.4. The predicted molar refractivity (Wildman–Crippen MR) is 47.5 cm³/mol. The van der Waals surface area contributed by atoms with Crippen LogP contribution in [0, 0.1) is 0 Å². The molecule has 0 aliphatic rings. The zero-order valence-electron chi connectivity index (χ0n) is 7.10. The Kier molecular flexibility index (Phi) is 2.42. The Bertz CT molecular complexity index is 371. The molecule has 76 valence electrons. The van der Waals surface area contributed by atoms with E-state index in [4.69, 9.17) is 10.8 Å². The lowest BCUT2D eigenvalue weighted by Gasteiger charge is -2.10. The van der Waals surface area contributed by atoms with Crippen LogP contribution in [0.15, 0.2) is 24.8 Å². The number of aliphatic hydroxyl groups is 1. The van der Waals surface area contributed by atoms with Crippen LogP contribution in [0.2, 0.25) is 0 Å². The molecule has 2 nitrogen and oxygen atoms in total. The van der Waals surface area contributed by atoms with Crippen molar-refractivity contribution in [3.8, 4) is 0 Å². The van der Waals surface area contributed by atoms with Gasteiger partial charge in [-0.25, -0.2) is 0 Å². The summed E-state index contributed by atoms with van der Waals surface area (Å²) in [6, 6.07) is 2.96. The number of nitrogens with two attached hydrogens (primary N) is 1. The standard InChI is InChI=1S/C9H8F3NO/c1-5(14)6-2-3-7(8(13)4-6)9(10,11)12/h2-4,14H,1,13H2. The van der Waals surface area contributed by atoms with Gasteiger partial charge in [0.15, 0.2) is 0 Å². The molecule has 0 radical (unpaired) electrons. The van der Waals surface area contributed by atoms with Crippen molar-refractivity contribution in [3.63, 3.8) is 0 Å². The molecule has 0 bridgehead atoms. The van der Waals surface area contributed by atoms with Crippen molar-refractivity contribution in [2.75, 3.05) is 5.73 Å². The van der Waals surface area contributed by atoms with E-state index in [1.807, 2.05) is 0 Å². The zero-order chi connectivity index (χ0) is 10.9. The summed E-state index contributed by atoms with van der Waals surface area (Å²) in [6.45, 7) is 3.18. The molecular weight excluding hydrogens is 195 g/mol. The fourth-order valence-corrected chi connectivity index (χ4v) is 1.00. The van der Waals surface area contributed by atoms with Crippen molar-refractivity contribution in [2.45, 2.75) is 6.18 Å². The monoisotopic (exact) mass is 203 g/mol. The van der Waals surface area contributed by atoms with Crippen molar-refractivity contribution in [2.24, 2.45) is 0 Å². The number of halogens is 3. The number of benzene rings is 1. The van der Waals surface area contributed by atoms with Gasteiger partial charge in [0.25, 0.3) is 0 Å². The van der Waals surface area contributed by atoms with Crippen LogP contribution in [0.3, 0.4) is 0 Å². The molecule has 5 heteroatoms. The van der Waals surface area contributed by atoms with E-state index in [0.717, 1.165) is 18.2 Å². The lowest BCUT2D eigenvalue weighted by molar-refractivity contribution is -0.136. The van der Waals surface area contributed by atoms with Gasteiger partial charge in [0.2, 0.25) is 0 Å². The number of aliphatic hydroxyl groups excluding tert-OH is 1. The number of anilines is 1. The van der Waals surface area contributed by atoms with Crippen LogP contribution in [-0.4, -0.2) is 5.11 Å². The first-order chi connectivity index (χ1) is 6.32. The lowest BCUT2D eigenvalue weighted by Crippen LogP contribution is -2.08. The molecule has 0 saturated heterocycles. The summed E-state index contributed by atoms with van der Waals surface area (Å²) in [6.07, 6.45) is -4.47. The highest BCUT2D eigenvalue weighted by Crippen LogP contribution is 2.34. The Balaban J connectivity index is 3.21. The molecule has 0 fully saturated rings. The fourth-order valence-electron chi connectivity index (χ4n) is 1.00. The maximum atomic E-state index is 12.2. The summed E-state index contributed by atoms with van der Waals surface area (Å²) < 4.78 is 36.6. The van der Waals surface area contributed by atoms with Gasteiger partial charge in [-0.1, -0.05) is 12.6 Å². The number of alkyl halides is 3. The molecule has 1 aromatic carbocycles. The summed E-state index contributed by atoms with van der Waals surface area (Å²) in [4.78, 5) is 0. The van der Waals surface area contributed by atoms with Crippen LogP contribution in [0.5, 0.6) is 0 Å². The molecular formula is C9H8F3NO. The quantitative estimate of drug-likeness (QED) is 0.544. The van der Waals surface area contributed by atoms with Gasteiger partial charge in [0, 0.05) is 11.3 Å². The average molecular weight is 203 g/mol. The Morgan fingerprint density at radius 2 is 1.93 bits per heavy atom. The van der Waals surface area contributed by atoms with E-state index < -0.39 is 17.4 Å². The van der Waals surface area contributed by atoms with Crippen LogP contribution >= 0.6 is 0 Å². The van der Waals surface area contributed by atoms with E-state index in [2.05, 4.69) is 6.58 Å². The maximum Gasteiger partial charge on any atom is 0.418 e. The molecule has 0 atom stereocenters. The Morgan fingerprint density at radius 3 is 2.29 bits per heavy atom. The van der Waals surface area contributed by atoms with Crippen molar-refractivity contribution in [1.29, 1.82) is 0 Å². The van der Waals surface area contributed by atoms with Gasteiger partial charge in [-0.3, -0.25) is 0 Å². The minimum atomic E-state index is -4.47. The van der Waals surface area contributed by atoms with Crippen LogP contribution < -0.4 is 5.73 Å². The van der Waals surface area contributed by atoms with Crippen LogP contribution in [-0.2, 0) is 6.18 Å². The van der Waals surface area contributed by atoms with E-state index in [0.29, 0.717) is 0 Å². The van der Waals surface area contributed by atoms with Crippen LogP contribution in [0.25, 0.3) is 5.76 Å². The van der Waals surface area contributed by atoms with Crippen molar-refractivity contribution in [3.05, 3.63) is 35.9 Å². The topological polar surface area (TPSA) is 46.2 Å². The van der Waals surface area contributed by atoms with Gasteiger partial charge in [-0.2, -0.15) is 13.2 Å². The van der Waals surface area contributed by atoms with E-state index in [1.54, 1.807) is 0 Å². The SMILES string of the molecule is C=C(O)c1ccc(C(F)(F)F)c(N)c1. The summed E-state index contributed by atoms with van der Waals surface area (Å²) >= 11 is 0. The van der Waals surface area contributed by atoms with Crippen LogP contribution in [0.1, 0.15) is 11.1 Å². The largest absolute Gasteiger partial charge is 0.508 e. The minimum absolute atomic E-state index is 0.176. The lowest BCUT2D eigenvalue weighted by atomic mass is 10.1. The van der Waals surface area contributed by atoms with Crippen molar-refractivity contribution >= 4 is 11.4 Å². The van der Waals surface area contributed by atoms with Crippen molar-refractivity contribution in [1.82, 2.24) is 0 Å². The highest BCUT2D eigenvalue weighted by molar-refractivity contribution is 5.63. The van der Waals surface area contributed by atoms with Gasteiger partial charge < -0.3 is 10.8 Å². The predicted octanol–water partition coefficient (Wildman–Crippen LogP) is 2.82. The zero-order valence-corrected chi connectivity index (χ0v) is 7.10. The highest BCUT2D eigenvalue weighted by atomic mass is 19.4. The second-order valence-corrected chi connectivity index (χ2v) is 2.75. The molecule has 0 aliphatic carbocycles. The summed E-state index contributed by atoms with van der Waals surface area (Å²) in [7, 11) is 0. The third-order valence-electron chi connectivity index (χ3n) is 1.69. The third kappa shape index (κ3) is 1.99. The molecule has 1 rings (SSSR count). The van der Waals surface area contributed by atoms with E-state index in [9.17, 15) is 13.2 Å². The molecule has 0 saturated carbocycles. The maximum absolute atomic E-state index is 12.2. The molecule has 0 aliphatic heterocycles. The van der Waals surface area contributed by atoms with E-state index in [-0.39, 0.29) is 11.3 Å². The number of nitrogen functional groups attached to an aromatic ring is 1. The number of rotatable bonds is 1. The molecule has 0 heterocycles. The van der Waals surface area contributed by atoms with Crippen LogP contribution in [0.4, 0.5) is 18.9 Å². The van der Waals surface area contributed by atoms with Gasteiger partial charge in [-0.05, 0) is 12.1 Å². The number of hydrogen-bond donors (Lipinski definition) is 2. The Hall–Kier alpha value is -1.65. The second-order valence-electron chi connectivity index (χ2n) is 2.75. The Morgan fingerprint density at radius 1 is 1.36 bits per heavy atom. The van der Waals surface area contributed by atoms with Crippen molar-refractivity contribution < 1.29 is 18.3 Å². The van der Waals surface area contributed by atoms with E-state index in [1.165, 1.54) is 0 Å². The minimum Gasteiger partial charge on any atom is -0.508 e. The third-order valence-corrected chi connectivity index (χ3v) is 1.69.